The smallest absolute Gasteiger partial charge is 0.408 e. The van der Waals surface area contributed by atoms with Crippen LogP contribution in [0.4, 0.5) is 25.1 Å². The molecular formula is C26H30F2N4O5. The molecule has 4 rings (SSSR count). The predicted octanol–water partition coefficient (Wildman–Crippen LogP) is 3.58. The fourth-order valence-electron chi connectivity index (χ4n) is 4.56. The highest BCUT2D eigenvalue weighted by atomic mass is 19.1. The van der Waals surface area contributed by atoms with Gasteiger partial charge in [-0.05, 0) is 63.3 Å². The molecule has 0 bridgehead atoms. The fourth-order valence-corrected chi connectivity index (χ4v) is 4.56. The van der Waals surface area contributed by atoms with Crippen molar-refractivity contribution < 1.29 is 32.6 Å². The van der Waals surface area contributed by atoms with Crippen LogP contribution in [0, 0.1) is 17.6 Å². The number of pyridine rings is 1. The SMILES string of the molecule is CC(C)(C)OC(=O)N[C@H](C(=O)N1c2ncccc2CC1C(=O)Nc1c(F)cccc1F)C1CCOCC1. The van der Waals surface area contributed by atoms with Gasteiger partial charge in [-0.3, -0.25) is 14.5 Å². The van der Waals surface area contributed by atoms with E-state index in [0.717, 1.165) is 12.1 Å². The van der Waals surface area contributed by atoms with Crippen LogP contribution in [0.1, 0.15) is 39.2 Å². The van der Waals surface area contributed by atoms with Crippen LogP contribution in [0.15, 0.2) is 36.5 Å². The Morgan fingerprint density at radius 2 is 1.78 bits per heavy atom. The van der Waals surface area contributed by atoms with E-state index in [4.69, 9.17) is 9.47 Å². The summed E-state index contributed by atoms with van der Waals surface area (Å²) in [5, 5.41) is 4.98. The van der Waals surface area contributed by atoms with Crippen LogP contribution in [-0.2, 0) is 25.5 Å². The van der Waals surface area contributed by atoms with Crippen molar-refractivity contribution in [2.24, 2.45) is 5.92 Å². The average Bonchev–Trinajstić information content (AvgIpc) is 3.24. The number of nitrogens with zero attached hydrogens (tertiary/aromatic N) is 2. The molecular weight excluding hydrogens is 486 g/mol. The van der Waals surface area contributed by atoms with E-state index in [0.29, 0.717) is 31.6 Å². The molecule has 3 amide bonds. The number of alkyl carbamates (subject to hydrolysis) is 1. The normalized spacial score (nSPS) is 18.6. The molecule has 2 atom stereocenters. The van der Waals surface area contributed by atoms with E-state index in [-0.39, 0.29) is 18.2 Å². The second kappa shape index (κ2) is 10.8. The van der Waals surface area contributed by atoms with Crippen molar-refractivity contribution in [1.29, 1.82) is 0 Å². The lowest BCUT2D eigenvalue weighted by Gasteiger charge is -2.34. The summed E-state index contributed by atoms with van der Waals surface area (Å²) in [6.07, 6.45) is 1.82. The summed E-state index contributed by atoms with van der Waals surface area (Å²) in [5.41, 5.74) is -0.772. The fraction of sp³-hybridized carbons (Fsp3) is 0.462. The highest BCUT2D eigenvalue weighted by molar-refractivity contribution is 6.08. The number of anilines is 2. The highest BCUT2D eigenvalue weighted by Gasteiger charge is 2.45. The molecule has 1 saturated heterocycles. The van der Waals surface area contributed by atoms with E-state index in [1.165, 1.54) is 17.2 Å². The molecule has 2 aromatic rings. The average molecular weight is 517 g/mol. The number of benzene rings is 1. The summed E-state index contributed by atoms with van der Waals surface area (Å²) >= 11 is 0. The van der Waals surface area contributed by atoms with E-state index in [1.54, 1.807) is 32.9 Å². The first-order chi connectivity index (χ1) is 17.5. The van der Waals surface area contributed by atoms with Gasteiger partial charge in [0, 0.05) is 25.8 Å². The van der Waals surface area contributed by atoms with Gasteiger partial charge in [0.15, 0.2) is 0 Å². The van der Waals surface area contributed by atoms with Gasteiger partial charge in [0.25, 0.3) is 5.91 Å². The maximum absolute atomic E-state index is 14.2. The number of aromatic nitrogens is 1. The molecule has 198 valence electrons. The van der Waals surface area contributed by atoms with Crippen LogP contribution in [-0.4, -0.2) is 53.8 Å². The van der Waals surface area contributed by atoms with Crippen LogP contribution in [0.2, 0.25) is 0 Å². The number of nitrogens with one attached hydrogen (secondary N) is 2. The lowest BCUT2D eigenvalue weighted by Crippen LogP contribution is -2.57. The third-order valence-corrected chi connectivity index (χ3v) is 6.25. The molecule has 2 N–H and O–H groups in total. The zero-order valence-corrected chi connectivity index (χ0v) is 20.9. The first kappa shape index (κ1) is 26.5. The number of carbonyl (C=O) groups is 3. The van der Waals surface area contributed by atoms with Gasteiger partial charge < -0.3 is 20.1 Å². The van der Waals surface area contributed by atoms with Gasteiger partial charge in [-0.15, -0.1) is 0 Å². The molecule has 1 unspecified atom stereocenters. The zero-order valence-electron chi connectivity index (χ0n) is 20.9. The minimum Gasteiger partial charge on any atom is -0.444 e. The first-order valence-corrected chi connectivity index (χ1v) is 12.1. The summed E-state index contributed by atoms with van der Waals surface area (Å²) in [5.74, 6) is -3.25. The van der Waals surface area contributed by atoms with Crippen LogP contribution >= 0.6 is 0 Å². The number of hydrogen-bond acceptors (Lipinski definition) is 6. The minimum atomic E-state index is -1.14. The number of amides is 3. The summed E-state index contributed by atoms with van der Waals surface area (Å²) in [6, 6.07) is 4.47. The number of hydrogen-bond donors (Lipinski definition) is 2. The molecule has 0 aliphatic carbocycles. The minimum absolute atomic E-state index is 0.0871. The summed E-state index contributed by atoms with van der Waals surface area (Å²) < 4.78 is 39.3. The van der Waals surface area contributed by atoms with Crippen molar-refractivity contribution in [3.63, 3.8) is 0 Å². The molecule has 0 radical (unpaired) electrons. The van der Waals surface area contributed by atoms with Crippen molar-refractivity contribution in [2.45, 2.75) is 57.7 Å². The summed E-state index contributed by atoms with van der Waals surface area (Å²) in [7, 11) is 0. The molecule has 11 heteroatoms. The van der Waals surface area contributed by atoms with Crippen LogP contribution in [0.25, 0.3) is 0 Å². The topological polar surface area (TPSA) is 110 Å². The van der Waals surface area contributed by atoms with Gasteiger partial charge >= 0.3 is 6.09 Å². The Morgan fingerprint density at radius 3 is 2.43 bits per heavy atom. The van der Waals surface area contributed by atoms with E-state index >= 15 is 0 Å². The van der Waals surface area contributed by atoms with Gasteiger partial charge in [-0.25, -0.2) is 18.6 Å². The molecule has 1 aromatic carbocycles. The monoisotopic (exact) mass is 516 g/mol. The Balaban J connectivity index is 1.66. The van der Waals surface area contributed by atoms with Gasteiger partial charge in [0.2, 0.25) is 5.91 Å². The second-order valence-electron chi connectivity index (χ2n) is 10.1. The molecule has 9 nitrogen and oxygen atoms in total. The van der Waals surface area contributed by atoms with Crippen molar-refractivity contribution in [3.8, 4) is 0 Å². The molecule has 2 aliphatic rings. The van der Waals surface area contributed by atoms with E-state index in [1.807, 2.05) is 0 Å². The maximum atomic E-state index is 14.2. The van der Waals surface area contributed by atoms with E-state index in [2.05, 4.69) is 15.6 Å². The Morgan fingerprint density at radius 1 is 1.11 bits per heavy atom. The number of halogens is 2. The summed E-state index contributed by atoms with van der Waals surface area (Å²) in [4.78, 5) is 45.6. The molecule has 0 saturated carbocycles. The van der Waals surface area contributed by atoms with E-state index < -0.39 is 52.9 Å². The number of fused-ring (bicyclic) bond motifs is 1. The third kappa shape index (κ3) is 6.04. The zero-order chi connectivity index (χ0) is 26.7. The summed E-state index contributed by atoms with van der Waals surface area (Å²) in [6.45, 7) is 5.95. The number of para-hydroxylation sites is 1. The molecule has 37 heavy (non-hydrogen) atoms. The van der Waals surface area contributed by atoms with E-state index in [9.17, 15) is 23.2 Å². The van der Waals surface area contributed by atoms with Crippen LogP contribution < -0.4 is 15.5 Å². The standard InChI is InChI=1S/C26H30F2N4O5/c1-26(2,3)37-25(35)31-20(15-9-12-36-13-10-15)24(34)32-19(14-16-6-5-11-29-22(16)32)23(33)30-21-17(27)7-4-8-18(21)28/h4-8,11,15,19-20H,9-10,12-14H2,1-3H3,(H,30,33)(H,31,35)/t19?,20-/m0/s1. The quantitative estimate of drug-likeness (QED) is 0.629. The van der Waals surface area contributed by atoms with Crippen LogP contribution in [0.3, 0.4) is 0 Å². The lowest BCUT2D eigenvalue weighted by molar-refractivity contribution is -0.126. The van der Waals surface area contributed by atoms with Gasteiger partial charge in [-0.2, -0.15) is 0 Å². The molecule has 1 aromatic heterocycles. The molecule has 0 spiro atoms. The molecule has 3 heterocycles. The highest BCUT2D eigenvalue weighted by Crippen LogP contribution is 2.33. The first-order valence-electron chi connectivity index (χ1n) is 12.1. The Hall–Kier alpha value is -3.60. The van der Waals surface area contributed by atoms with Crippen molar-refractivity contribution >= 4 is 29.4 Å². The van der Waals surface area contributed by atoms with Crippen molar-refractivity contribution in [2.75, 3.05) is 23.4 Å². The van der Waals surface area contributed by atoms with Gasteiger partial charge in [0.05, 0.1) is 0 Å². The van der Waals surface area contributed by atoms with Gasteiger partial charge in [-0.1, -0.05) is 12.1 Å². The predicted molar refractivity (Wildman–Crippen MR) is 131 cm³/mol. The van der Waals surface area contributed by atoms with Crippen LogP contribution in [0.5, 0.6) is 0 Å². The third-order valence-electron chi connectivity index (χ3n) is 6.25. The van der Waals surface area contributed by atoms with Crippen molar-refractivity contribution in [1.82, 2.24) is 10.3 Å². The lowest BCUT2D eigenvalue weighted by atomic mass is 9.90. The molecule has 1 fully saturated rings. The Bertz CT molecular complexity index is 1160. The number of ether oxygens (including phenoxy) is 2. The number of rotatable bonds is 5. The number of carbonyl (C=O) groups excluding carboxylic acids is 3. The maximum Gasteiger partial charge on any atom is 0.408 e. The van der Waals surface area contributed by atoms with Crippen molar-refractivity contribution in [3.05, 3.63) is 53.7 Å². The Labute approximate surface area is 213 Å². The Kier molecular flexibility index (Phi) is 7.72. The molecule has 2 aliphatic heterocycles. The van der Waals surface area contributed by atoms with Gasteiger partial charge in [0.1, 0.15) is 40.8 Å². The second-order valence-corrected chi connectivity index (χ2v) is 10.1. The largest absolute Gasteiger partial charge is 0.444 e.